The van der Waals surface area contributed by atoms with Gasteiger partial charge in [0.15, 0.2) is 0 Å². The minimum absolute atomic E-state index is 0.183. The summed E-state index contributed by atoms with van der Waals surface area (Å²) in [6, 6.07) is 12.3. The lowest BCUT2D eigenvalue weighted by Gasteiger charge is -2.13. The van der Waals surface area contributed by atoms with Crippen LogP contribution in [0.4, 0.5) is 10.1 Å². The van der Waals surface area contributed by atoms with E-state index < -0.39 is 0 Å². The van der Waals surface area contributed by atoms with Gasteiger partial charge in [0.1, 0.15) is 11.6 Å². The highest BCUT2D eigenvalue weighted by molar-refractivity contribution is 6.31. The SMILES string of the molecule is CCC(CC)CCOc1ccc(CC=C2C(=O)Nc3cc(F)ccc32)cc1. The predicted molar refractivity (Wildman–Crippen MR) is 107 cm³/mol. The molecule has 1 amide bonds. The lowest BCUT2D eigenvalue weighted by atomic mass is 10.0. The summed E-state index contributed by atoms with van der Waals surface area (Å²) in [6.45, 7) is 5.18. The fourth-order valence-electron chi connectivity index (χ4n) is 3.35. The van der Waals surface area contributed by atoms with Crippen LogP contribution in [0.3, 0.4) is 0 Å². The zero-order valence-electron chi connectivity index (χ0n) is 15.9. The molecule has 2 aromatic carbocycles. The van der Waals surface area contributed by atoms with Gasteiger partial charge in [-0.2, -0.15) is 0 Å². The number of fused-ring (bicyclic) bond motifs is 1. The number of nitrogens with one attached hydrogen (secondary N) is 1. The topological polar surface area (TPSA) is 38.3 Å². The van der Waals surface area contributed by atoms with Gasteiger partial charge >= 0.3 is 0 Å². The molecule has 1 heterocycles. The molecule has 0 aliphatic carbocycles. The molecular weight excluding hydrogens is 341 g/mol. The van der Waals surface area contributed by atoms with E-state index in [1.54, 1.807) is 6.07 Å². The van der Waals surface area contributed by atoms with E-state index >= 15 is 0 Å². The van der Waals surface area contributed by atoms with E-state index in [9.17, 15) is 9.18 Å². The monoisotopic (exact) mass is 367 g/mol. The number of anilines is 1. The van der Waals surface area contributed by atoms with Crippen molar-refractivity contribution >= 4 is 17.2 Å². The number of hydrogen-bond acceptors (Lipinski definition) is 2. The van der Waals surface area contributed by atoms with Crippen LogP contribution in [-0.4, -0.2) is 12.5 Å². The van der Waals surface area contributed by atoms with E-state index in [0.717, 1.165) is 35.8 Å². The van der Waals surface area contributed by atoms with Gasteiger partial charge in [-0.3, -0.25) is 4.79 Å². The van der Waals surface area contributed by atoms with E-state index in [0.29, 0.717) is 17.7 Å². The summed E-state index contributed by atoms with van der Waals surface area (Å²) in [6.07, 6.45) is 5.99. The third-order valence-corrected chi connectivity index (χ3v) is 5.18. The number of amides is 1. The summed E-state index contributed by atoms with van der Waals surface area (Å²) in [5.41, 5.74) is 2.98. The molecule has 27 heavy (non-hydrogen) atoms. The second-order valence-electron chi connectivity index (χ2n) is 6.93. The van der Waals surface area contributed by atoms with Crippen molar-refractivity contribution in [1.82, 2.24) is 0 Å². The normalized spacial score (nSPS) is 14.5. The van der Waals surface area contributed by atoms with Crippen LogP contribution < -0.4 is 10.1 Å². The molecule has 2 aromatic rings. The first-order valence-corrected chi connectivity index (χ1v) is 9.63. The number of rotatable bonds is 8. The van der Waals surface area contributed by atoms with Gasteiger partial charge in [0, 0.05) is 11.1 Å². The maximum Gasteiger partial charge on any atom is 0.256 e. The van der Waals surface area contributed by atoms with Crippen LogP contribution in [0.1, 0.15) is 44.2 Å². The van der Waals surface area contributed by atoms with Crippen LogP contribution in [0.15, 0.2) is 48.5 Å². The first kappa shape index (κ1) is 19.2. The van der Waals surface area contributed by atoms with E-state index in [1.165, 1.54) is 25.0 Å². The fraction of sp³-hybridized carbons (Fsp3) is 0.348. The zero-order chi connectivity index (χ0) is 19.2. The van der Waals surface area contributed by atoms with E-state index in [2.05, 4.69) is 19.2 Å². The van der Waals surface area contributed by atoms with Crippen molar-refractivity contribution in [3.8, 4) is 5.75 Å². The van der Waals surface area contributed by atoms with Gasteiger partial charge < -0.3 is 10.1 Å². The number of benzene rings is 2. The number of ether oxygens (including phenoxy) is 1. The molecule has 1 aliphatic rings. The molecule has 0 bridgehead atoms. The van der Waals surface area contributed by atoms with E-state index in [4.69, 9.17) is 4.74 Å². The Balaban J connectivity index is 1.59. The average molecular weight is 367 g/mol. The molecule has 0 fully saturated rings. The number of allylic oxidation sites excluding steroid dienone is 1. The average Bonchev–Trinajstić information content (AvgIpc) is 2.98. The summed E-state index contributed by atoms with van der Waals surface area (Å²) < 4.78 is 19.1. The van der Waals surface area contributed by atoms with Gasteiger partial charge in [-0.25, -0.2) is 4.39 Å². The number of halogens is 1. The molecule has 0 saturated carbocycles. The lowest BCUT2D eigenvalue weighted by Crippen LogP contribution is -2.05. The number of carbonyl (C=O) groups is 1. The third kappa shape index (κ3) is 4.76. The van der Waals surface area contributed by atoms with Crippen LogP contribution in [-0.2, 0) is 11.2 Å². The predicted octanol–water partition coefficient (Wildman–Crippen LogP) is 5.61. The molecule has 142 valence electrons. The molecule has 0 atom stereocenters. The smallest absolute Gasteiger partial charge is 0.256 e. The lowest BCUT2D eigenvalue weighted by molar-refractivity contribution is -0.110. The van der Waals surface area contributed by atoms with Gasteiger partial charge in [0.25, 0.3) is 5.91 Å². The number of hydrogen-bond donors (Lipinski definition) is 1. The molecule has 0 radical (unpaired) electrons. The van der Waals surface area contributed by atoms with Gasteiger partial charge in [-0.15, -0.1) is 0 Å². The first-order valence-electron chi connectivity index (χ1n) is 9.63. The molecule has 3 nitrogen and oxygen atoms in total. The van der Waals surface area contributed by atoms with Crippen molar-refractivity contribution in [2.24, 2.45) is 5.92 Å². The first-order chi connectivity index (χ1) is 13.1. The number of carbonyl (C=O) groups excluding carboxylic acids is 1. The van der Waals surface area contributed by atoms with Crippen LogP contribution >= 0.6 is 0 Å². The van der Waals surface area contributed by atoms with Crippen molar-refractivity contribution in [1.29, 1.82) is 0 Å². The van der Waals surface area contributed by atoms with Gasteiger partial charge in [-0.05, 0) is 54.7 Å². The highest BCUT2D eigenvalue weighted by Crippen LogP contribution is 2.32. The summed E-state index contributed by atoms with van der Waals surface area (Å²) in [5.74, 6) is 1.06. The molecule has 0 unspecified atom stereocenters. The van der Waals surface area contributed by atoms with Crippen molar-refractivity contribution < 1.29 is 13.9 Å². The van der Waals surface area contributed by atoms with E-state index in [-0.39, 0.29) is 11.7 Å². The third-order valence-electron chi connectivity index (χ3n) is 5.18. The highest BCUT2D eigenvalue weighted by atomic mass is 19.1. The molecule has 0 aromatic heterocycles. The summed E-state index contributed by atoms with van der Waals surface area (Å²) in [5, 5.41) is 2.71. The van der Waals surface area contributed by atoms with Gasteiger partial charge in [0.2, 0.25) is 0 Å². The van der Waals surface area contributed by atoms with Gasteiger partial charge in [-0.1, -0.05) is 44.9 Å². The standard InChI is InChI=1S/C23H26FNO2/c1-3-16(4-2)13-14-27-19-9-5-17(6-10-19)7-11-21-20-12-8-18(24)15-22(20)25-23(21)26/h5-6,8-12,15-16H,3-4,7,13-14H2,1-2H3,(H,25,26). The second-order valence-corrected chi connectivity index (χ2v) is 6.93. The molecule has 1 N–H and O–H groups in total. The van der Waals surface area contributed by atoms with Crippen molar-refractivity contribution in [3.05, 3.63) is 65.5 Å². The van der Waals surface area contributed by atoms with Crippen molar-refractivity contribution in [2.75, 3.05) is 11.9 Å². The molecular formula is C23H26FNO2. The maximum absolute atomic E-state index is 13.3. The Bertz CT molecular complexity index is 823. The molecule has 0 spiro atoms. The molecule has 4 heteroatoms. The Morgan fingerprint density at radius 2 is 1.85 bits per heavy atom. The Morgan fingerprint density at radius 3 is 2.56 bits per heavy atom. The summed E-state index contributed by atoms with van der Waals surface area (Å²) in [7, 11) is 0. The maximum atomic E-state index is 13.3. The summed E-state index contributed by atoms with van der Waals surface area (Å²) in [4.78, 5) is 12.1. The fourth-order valence-corrected chi connectivity index (χ4v) is 3.35. The summed E-state index contributed by atoms with van der Waals surface area (Å²) >= 11 is 0. The highest BCUT2D eigenvalue weighted by Gasteiger charge is 2.23. The largest absolute Gasteiger partial charge is 0.494 e. The Morgan fingerprint density at radius 1 is 1.11 bits per heavy atom. The Labute approximate surface area is 160 Å². The Kier molecular flexibility index (Phi) is 6.28. The minimum Gasteiger partial charge on any atom is -0.494 e. The minimum atomic E-state index is -0.352. The second kappa shape index (κ2) is 8.85. The quantitative estimate of drug-likeness (QED) is 0.616. The van der Waals surface area contributed by atoms with Crippen molar-refractivity contribution in [3.63, 3.8) is 0 Å². The van der Waals surface area contributed by atoms with Gasteiger partial charge in [0.05, 0.1) is 12.3 Å². The van der Waals surface area contributed by atoms with Crippen LogP contribution in [0.25, 0.3) is 5.57 Å². The molecule has 1 aliphatic heterocycles. The van der Waals surface area contributed by atoms with Crippen molar-refractivity contribution in [2.45, 2.75) is 39.5 Å². The van der Waals surface area contributed by atoms with Crippen LogP contribution in [0.2, 0.25) is 0 Å². The molecule has 0 saturated heterocycles. The zero-order valence-corrected chi connectivity index (χ0v) is 15.9. The van der Waals surface area contributed by atoms with E-state index in [1.807, 2.05) is 30.3 Å². The van der Waals surface area contributed by atoms with Crippen LogP contribution in [0.5, 0.6) is 5.75 Å². The molecule has 3 rings (SSSR count). The Hall–Kier alpha value is -2.62. The van der Waals surface area contributed by atoms with Crippen LogP contribution in [0, 0.1) is 11.7 Å².